The van der Waals surface area contributed by atoms with Gasteiger partial charge in [-0.15, -0.1) is 0 Å². The molecule has 0 aromatic heterocycles. The van der Waals surface area contributed by atoms with Crippen LogP contribution in [0.25, 0.3) is 0 Å². The van der Waals surface area contributed by atoms with Crippen LogP contribution in [0.2, 0.25) is 0 Å². The lowest BCUT2D eigenvalue weighted by molar-refractivity contribution is 0.0786. The lowest BCUT2D eigenvalue weighted by atomic mass is 9.84. The molecule has 0 heterocycles. The first kappa shape index (κ1) is 24.6. The van der Waals surface area contributed by atoms with Crippen molar-refractivity contribution < 1.29 is 24.1 Å². The van der Waals surface area contributed by atoms with Gasteiger partial charge in [-0.2, -0.15) is 0 Å². The highest BCUT2D eigenvalue weighted by Crippen LogP contribution is 2.42. The second-order valence-electron chi connectivity index (χ2n) is 9.46. The molecule has 0 spiro atoms. The summed E-state index contributed by atoms with van der Waals surface area (Å²) in [6.45, 7) is 1.73. The minimum Gasteiger partial charge on any atom is -0.393 e. The van der Waals surface area contributed by atoms with Crippen molar-refractivity contribution in [3.63, 3.8) is 0 Å². The third kappa shape index (κ3) is 6.74. The molecule has 1 saturated carbocycles. The number of aliphatic hydroxyl groups excluding tert-OH is 2. The Bertz CT molecular complexity index is 758. The largest absolute Gasteiger partial charge is 0.393 e. The summed E-state index contributed by atoms with van der Waals surface area (Å²) >= 11 is 0. The van der Waals surface area contributed by atoms with Gasteiger partial charge in [0.1, 0.15) is 6.17 Å². The quantitative estimate of drug-likeness (QED) is 0.254. The Morgan fingerprint density at radius 3 is 2.52 bits per heavy atom. The van der Waals surface area contributed by atoms with Crippen molar-refractivity contribution in [3.8, 4) is 0 Å². The molecule has 1 fully saturated rings. The van der Waals surface area contributed by atoms with Crippen LogP contribution >= 0.6 is 7.37 Å². The van der Waals surface area contributed by atoms with Gasteiger partial charge in [0.05, 0.1) is 12.2 Å². The first-order valence-corrected chi connectivity index (χ1v) is 13.9. The number of halogens is 1. The molecule has 3 rings (SSSR count). The number of unbranched alkanes of at least 4 members (excludes halogenated alkanes) is 1. The van der Waals surface area contributed by atoms with Gasteiger partial charge >= 0.3 is 0 Å². The highest BCUT2D eigenvalue weighted by atomic mass is 31.2. The molecule has 6 heteroatoms. The predicted molar refractivity (Wildman–Crippen MR) is 123 cm³/mol. The van der Waals surface area contributed by atoms with E-state index >= 15 is 0 Å². The van der Waals surface area contributed by atoms with Gasteiger partial charge in [0, 0.05) is 18.7 Å². The van der Waals surface area contributed by atoms with E-state index in [1.165, 1.54) is 11.1 Å². The van der Waals surface area contributed by atoms with E-state index < -0.39 is 25.7 Å². The SMILES string of the molecule is CCP(=O)(O)CCC/C=C\C[C@@H]1[C@@H](CC[C@H](O)C2Cc3ccccc3C2)[C@@H](F)C[C@@H]1O. The lowest BCUT2D eigenvalue weighted by Gasteiger charge is -2.24. The van der Waals surface area contributed by atoms with E-state index in [0.717, 1.165) is 19.3 Å². The molecular weight excluding hydrogens is 414 g/mol. The molecule has 1 aromatic rings. The van der Waals surface area contributed by atoms with Crippen LogP contribution in [0.1, 0.15) is 56.6 Å². The summed E-state index contributed by atoms with van der Waals surface area (Å²) in [5, 5.41) is 21.1. The number of fused-ring (bicyclic) bond motifs is 1. The molecule has 1 aromatic carbocycles. The molecule has 4 nitrogen and oxygen atoms in total. The molecular formula is C25H38FO4P. The molecule has 0 bridgehead atoms. The van der Waals surface area contributed by atoms with Gasteiger partial charge in [0.2, 0.25) is 0 Å². The average molecular weight is 453 g/mol. The van der Waals surface area contributed by atoms with Gasteiger partial charge in [0.25, 0.3) is 0 Å². The van der Waals surface area contributed by atoms with Gasteiger partial charge in [-0.25, -0.2) is 4.39 Å². The third-order valence-electron chi connectivity index (χ3n) is 7.35. The van der Waals surface area contributed by atoms with Crippen LogP contribution in [0.4, 0.5) is 4.39 Å². The summed E-state index contributed by atoms with van der Waals surface area (Å²) in [7, 11) is -2.96. The highest BCUT2D eigenvalue weighted by molar-refractivity contribution is 7.57. The summed E-state index contributed by atoms with van der Waals surface area (Å²) in [6, 6.07) is 8.31. The Morgan fingerprint density at radius 1 is 1.19 bits per heavy atom. The number of hydrogen-bond donors (Lipinski definition) is 3. The topological polar surface area (TPSA) is 77.8 Å². The summed E-state index contributed by atoms with van der Waals surface area (Å²) in [4.78, 5) is 9.62. The molecule has 6 atom stereocenters. The molecule has 31 heavy (non-hydrogen) atoms. The van der Waals surface area contributed by atoms with Crippen molar-refractivity contribution in [3.05, 3.63) is 47.5 Å². The van der Waals surface area contributed by atoms with Crippen LogP contribution in [-0.2, 0) is 17.4 Å². The predicted octanol–water partition coefficient (Wildman–Crippen LogP) is 4.89. The van der Waals surface area contributed by atoms with Gasteiger partial charge in [-0.05, 0) is 73.8 Å². The monoisotopic (exact) mass is 452 g/mol. The number of rotatable bonds is 11. The van der Waals surface area contributed by atoms with E-state index in [9.17, 15) is 24.1 Å². The van der Waals surface area contributed by atoms with Gasteiger partial charge in [-0.1, -0.05) is 43.3 Å². The molecule has 3 N–H and O–H groups in total. The van der Waals surface area contributed by atoms with Crippen LogP contribution < -0.4 is 0 Å². The minimum absolute atomic E-state index is 0.126. The van der Waals surface area contributed by atoms with E-state index in [4.69, 9.17) is 0 Å². The Labute approximate surface area is 186 Å². The smallest absolute Gasteiger partial charge is 0.200 e. The molecule has 0 radical (unpaired) electrons. The fourth-order valence-corrected chi connectivity index (χ4v) is 6.30. The van der Waals surface area contributed by atoms with Crippen molar-refractivity contribution in [1.29, 1.82) is 0 Å². The van der Waals surface area contributed by atoms with Crippen LogP contribution in [0.15, 0.2) is 36.4 Å². The standard InChI is InChI=1S/C25H38FO4P/c1-2-31(29,30)14-8-4-3-5-11-22-21(23(26)17-25(22)28)12-13-24(27)20-15-18-9-6-7-10-19(18)16-20/h3,5-7,9-10,20-25,27-28H,2,4,8,11-17H2,1H3,(H,29,30)/b5-3-/t21-,22-,23+,24+,25+/m1/s1. The number of aliphatic hydroxyl groups is 2. The van der Waals surface area contributed by atoms with Crippen molar-refractivity contribution in [2.24, 2.45) is 17.8 Å². The van der Waals surface area contributed by atoms with E-state index in [1.807, 2.05) is 24.3 Å². The fraction of sp³-hybridized carbons (Fsp3) is 0.680. The first-order chi connectivity index (χ1) is 14.8. The summed E-state index contributed by atoms with van der Waals surface area (Å²) in [6.07, 6.45) is 7.60. The Hall–Kier alpha value is -1.00. The van der Waals surface area contributed by atoms with Crippen LogP contribution in [0.3, 0.4) is 0 Å². The maximum absolute atomic E-state index is 14.6. The minimum atomic E-state index is -2.96. The van der Waals surface area contributed by atoms with Crippen LogP contribution in [0, 0.1) is 17.8 Å². The van der Waals surface area contributed by atoms with Crippen LogP contribution in [0.5, 0.6) is 0 Å². The van der Waals surface area contributed by atoms with E-state index in [1.54, 1.807) is 6.92 Å². The third-order valence-corrected chi connectivity index (χ3v) is 9.35. The molecule has 0 aliphatic heterocycles. The van der Waals surface area contributed by atoms with Gasteiger partial charge < -0.3 is 15.1 Å². The maximum atomic E-state index is 14.6. The zero-order valence-corrected chi connectivity index (χ0v) is 19.5. The van der Waals surface area contributed by atoms with Crippen LogP contribution in [-0.4, -0.2) is 45.8 Å². The molecule has 2 aliphatic rings. The Balaban J connectivity index is 1.45. The molecule has 174 valence electrons. The number of allylic oxidation sites excluding steroid dienone is 2. The zero-order valence-electron chi connectivity index (χ0n) is 18.6. The Kier molecular flexibility index (Phi) is 8.92. The molecule has 0 saturated heterocycles. The summed E-state index contributed by atoms with van der Waals surface area (Å²) < 4.78 is 26.3. The van der Waals surface area contributed by atoms with Crippen molar-refractivity contribution in [2.75, 3.05) is 12.3 Å². The summed E-state index contributed by atoms with van der Waals surface area (Å²) in [5.41, 5.74) is 2.62. The van der Waals surface area contributed by atoms with E-state index in [2.05, 4.69) is 12.1 Å². The lowest BCUT2D eigenvalue weighted by Crippen LogP contribution is -2.25. The van der Waals surface area contributed by atoms with Crippen molar-refractivity contribution >= 4 is 7.37 Å². The highest BCUT2D eigenvalue weighted by Gasteiger charge is 2.42. The van der Waals surface area contributed by atoms with Gasteiger partial charge in [-0.3, -0.25) is 4.57 Å². The second kappa shape index (κ2) is 11.2. The number of alkyl halides is 1. The first-order valence-electron chi connectivity index (χ1n) is 11.8. The average Bonchev–Trinajstić information content (AvgIpc) is 3.29. The number of benzene rings is 1. The van der Waals surface area contributed by atoms with E-state index in [-0.39, 0.29) is 24.2 Å². The fourth-order valence-electron chi connectivity index (χ4n) is 5.31. The van der Waals surface area contributed by atoms with Crippen molar-refractivity contribution in [2.45, 2.75) is 76.7 Å². The van der Waals surface area contributed by atoms with Gasteiger partial charge in [0.15, 0.2) is 7.37 Å². The molecule has 0 amide bonds. The Morgan fingerprint density at radius 2 is 1.87 bits per heavy atom. The van der Waals surface area contributed by atoms with Crippen molar-refractivity contribution in [1.82, 2.24) is 0 Å². The summed E-state index contributed by atoms with van der Waals surface area (Å²) in [5.74, 6) is -0.152. The maximum Gasteiger partial charge on any atom is 0.200 e. The normalized spacial score (nSPS) is 29.3. The van der Waals surface area contributed by atoms with E-state index in [0.29, 0.717) is 38.0 Å². The zero-order chi connectivity index (χ0) is 22.4. The molecule has 1 unspecified atom stereocenters. The molecule has 2 aliphatic carbocycles. The second-order valence-corrected chi connectivity index (χ2v) is 12.2. The number of hydrogen-bond acceptors (Lipinski definition) is 3.